The topological polar surface area (TPSA) is 25.8 Å². The monoisotopic (exact) mass is 222 g/mol. The van der Waals surface area contributed by atoms with Crippen molar-refractivity contribution in [2.45, 2.75) is 20.3 Å². The lowest BCUT2D eigenvalue weighted by Crippen LogP contribution is -1.97. The van der Waals surface area contributed by atoms with E-state index in [1.165, 1.54) is 5.56 Å². The van der Waals surface area contributed by atoms with Crippen LogP contribution in [-0.4, -0.2) is 9.97 Å². The molecule has 84 valence electrons. The highest BCUT2D eigenvalue weighted by molar-refractivity contribution is 5.74. The first-order valence-corrected chi connectivity index (χ1v) is 5.85. The summed E-state index contributed by atoms with van der Waals surface area (Å²) in [5.74, 6) is 0. The summed E-state index contributed by atoms with van der Waals surface area (Å²) in [4.78, 5) is 9.30. The molecule has 17 heavy (non-hydrogen) atoms. The predicted octanol–water partition coefficient (Wildman–Crippen LogP) is 3.33. The van der Waals surface area contributed by atoms with Crippen molar-refractivity contribution >= 4 is 6.08 Å². The van der Waals surface area contributed by atoms with Crippen LogP contribution >= 0.6 is 0 Å². The number of allylic oxidation sites excluding steroid dienone is 1. The first kappa shape index (κ1) is 10.2. The summed E-state index contributed by atoms with van der Waals surface area (Å²) < 4.78 is 0. The zero-order valence-electron chi connectivity index (χ0n) is 10.1. The van der Waals surface area contributed by atoms with Gasteiger partial charge in [0.2, 0.25) is 0 Å². The molecule has 0 amide bonds. The number of aromatic nitrogens is 2. The van der Waals surface area contributed by atoms with E-state index in [2.05, 4.69) is 40.3 Å². The van der Waals surface area contributed by atoms with E-state index in [1.807, 2.05) is 19.9 Å². The number of rotatable bonds is 0. The molecule has 0 unspecified atom stereocenters. The van der Waals surface area contributed by atoms with Crippen molar-refractivity contribution in [2.24, 2.45) is 0 Å². The minimum Gasteiger partial charge on any atom is -0.251 e. The Kier molecular flexibility index (Phi) is 2.29. The van der Waals surface area contributed by atoms with Gasteiger partial charge in [0.25, 0.3) is 0 Å². The minimum atomic E-state index is 0.929. The van der Waals surface area contributed by atoms with E-state index in [0.29, 0.717) is 0 Å². The van der Waals surface area contributed by atoms with Gasteiger partial charge in [-0.25, -0.2) is 0 Å². The molecule has 0 spiro atoms. The smallest absolute Gasteiger partial charge is 0.0964 e. The van der Waals surface area contributed by atoms with Crippen LogP contribution in [0.25, 0.3) is 17.5 Å². The maximum atomic E-state index is 4.65. The van der Waals surface area contributed by atoms with E-state index in [1.54, 1.807) is 0 Å². The summed E-state index contributed by atoms with van der Waals surface area (Å²) in [7, 11) is 0. The van der Waals surface area contributed by atoms with Crippen LogP contribution in [0.15, 0.2) is 30.3 Å². The van der Waals surface area contributed by atoms with Gasteiger partial charge in [0.15, 0.2) is 0 Å². The fourth-order valence-corrected chi connectivity index (χ4v) is 2.16. The largest absolute Gasteiger partial charge is 0.251 e. The highest BCUT2D eigenvalue weighted by Crippen LogP contribution is 2.28. The van der Waals surface area contributed by atoms with Gasteiger partial charge in [0.05, 0.1) is 11.4 Å². The van der Waals surface area contributed by atoms with Crippen molar-refractivity contribution < 1.29 is 0 Å². The van der Waals surface area contributed by atoms with E-state index in [0.717, 1.165) is 34.8 Å². The molecule has 2 aromatic rings. The van der Waals surface area contributed by atoms with Crippen molar-refractivity contribution in [3.05, 3.63) is 52.9 Å². The van der Waals surface area contributed by atoms with E-state index >= 15 is 0 Å². The summed E-state index contributed by atoms with van der Waals surface area (Å²) in [6, 6.07) is 8.38. The van der Waals surface area contributed by atoms with Crippen molar-refractivity contribution in [1.82, 2.24) is 9.97 Å². The highest BCUT2D eigenvalue weighted by Gasteiger charge is 2.14. The Hall–Kier alpha value is -1.96. The number of aryl methyl sites for hydroxylation is 2. The summed E-state index contributed by atoms with van der Waals surface area (Å²) in [6.45, 7) is 4.04. The number of nitrogens with zero attached hydrogens (tertiary/aromatic N) is 2. The first-order chi connectivity index (χ1) is 8.24. The van der Waals surface area contributed by atoms with E-state index in [4.69, 9.17) is 0 Å². The second-order valence-corrected chi connectivity index (χ2v) is 4.46. The minimum absolute atomic E-state index is 0.929. The third-order valence-corrected chi connectivity index (χ3v) is 3.04. The Bertz CT molecular complexity index is 612. The number of pyridine rings is 2. The molecule has 1 aliphatic carbocycles. The lowest BCUT2D eigenvalue weighted by atomic mass is 10.1. The molecule has 0 bridgehead atoms. The molecule has 0 saturated carbocycles. The summed E-state index contributed by atoms with van der Waals surface area (Å²) in [5.41, 5.74) is 6.54. The highest BCUT2D eigenvalue weighted by atomic mass is 14.8. The normalized spacial score (nSPS) is 12.8. The number of hydrogen-bond acceptors (Lipinski definition) is 2. The Morgan fingerprint density at radius 1 is 0.882 bits per heavy atom. The van der Waals surface area contributed by atoms with Gasteiger partial charge in [0.1, 0.15) is 0 Å². The van der Waals surface area contributed by atoms with Crippen LogP contribution in [0.4, 0.5) is 0 Å². The third kappa shape index (κ3) is 1.76. The lowest BCUT2D eigenvalue weighted by Gasteiger charge is -2.08. The van der Waals surface area contributed by atoms with Crippen LogP contribution in [0.5, 0.6) is 0 Å². The zero-order chi connectivity index (χ0) is 11.8. The van der Waals surface area contributed by atoms with E-state index in [-0.39, 0.29) is 0 Å². The van der Waals surface area contributed by atoms with Crippen LogP contribution in [-0.2, 0) is 6.42 Å². The Balaban J connectivity index is 2.33. The average molecular weight is 222 g/mol. The molecule has 1 aliphatic rings. The summed E-state index contributed by atoms with van der Waals surface area (Å²) >= 11 is 0. The van der Waals surface area contributed by atoms with Gasteiger partial charge in [-0.2, -0.15) is 0 Å². The van der Waals surface area contributed by atoms with Gasteiger partial charge < -0.3 is 0 Å². The van der Waals surface area contributed by atoms with Crippen LogP contribution in [0.3, 0.4) is 0 Å². The van der Waals surface area contributed by atoms with Gasteiger partial charge in [-0.1, -0.05) is 24.3 Å². The molecule has 0 aliphatic heterocycles. The summed E-state index contributed by atoms with van der Waals surface area (Å²) in [6.07, 6.45) is 5.25. The van der Waals surface area contributed by atoms with Crippen LogP contribution < -0.4 is 0 Å². The van der Waals surface area contributed by atoms with Crippen LogP contribution in [0, 0.1) is 13.8 Å². The maximum Gasteiger partial charge on any atom is 0.0964 e. The van der Waals surface area contributed by atoms with Gasteiger partial charge in [-0.3, -0.25) is 9.97 Å². The molecule has 0 atom stereocenters. The molecule has 0 radical (unpaired) electrons. The maximum absolute atomic E-state index is 4.65. The Morgan fingerprint density at radius 2 is 1.59 bits per heavy atom. The van der Waals surface area contributed by atoms with Crippen molar-refractivity contribution in [3.8, 4) is 11.4 Å². The number of fused-ring (bicyclic) bond motifs is 3. The molecule has 0 aromatic carbocycles. The Morgan fingerprint density at radius 3 is 2.41 bits per heavy atom. The molecular formula is C15H14N2. The quantitative estimate of drug-likeness (QED) is 0.683. The summed E-state index contributed by atoms with van der Waals surface area (Å²) in [5, 5.41) is 0. The predicted molar refractivity (Wildman–Crippen MR) is 69.7 cm³/mol. The fraction of sp³-hybridized carbons (Fsp3) is 0.200. The number of hydrogen-bond donors (Lipinski definition) is 0. The molecule has 2 aromatic heterocycles. The van der Waals surface area contributed by atoms with Crippen molar-refractivity contribution in [1.29, 1.82) is 0 Å². The lowest BCUT2D eigenvalue weighted by molar-refractivity contribution is 1.11. The SMILES string of the molecule is Cc1ccc2c(n1)-c1nc(C)ccc1CC=C2. The van der Waals surface area contributed by atoms with Crippen LogP contribution in [0.1, 0.15) is 22.5 Å². The average Bonchev–Trinajstić information content (AvgIpc) is 2.48. The molecule has 0 fully saturated rings. The molecule has 2 nitrogen and oxygen atoms in total. The first-order valence-electron chi connectivity index (χ1n) is 5.85. The molecule has 2 heteroatoms. The van der Waals surface area contributed by atoms with Gasteiger partial charge in [-0.15, -0.1) is 0 Å². The standard InChI is InChI=1S/C15H14N2/c1-10-6-8-12-4-3-5-13-9-7-11(2)17-15(13)14(12)16-10/h3-4,6-9H,5H2,1-2H3. The third-order valence-electron chi connectivity index (χ3n) is 3.04. The fourth-order valence-electron chi connectivity index (χ4n) is 2.16. The van der Waals surface area contributed by atoms with Crippen molar-refractivity contribution in [3.63, 3.8) is 0 Å². The molecule has 0 saturated heterocycles. The van der Waals surface area contributed by atoms with Crippen molar-refractivity contribution in [2.75, 3.05) is 0 Å². The van der Waals surface area contributed by atoms with Gasteiger partial charge in [-0.05, 0) is 38.0 Å². The van der Waals surface area contributed by atoms with E-state index in [9.17, 15) is 0 Å². The van der Waals surface area contributed by atoms with Gasteiger partial charge >= 0.3 is 0 Å². The molecular weight excluding hydrogens is 208 g/mol. The van der Waals surface area contributed by atoms with Gasteiger partial charge in [0, 0.05) is 17.0 Å². The Labute approximate surface area is 101 Å². The second-order valence-electron chi connectivity index (χ2n) is 4.46. The van der Waals surface area contributed by atoms with E-state index < -0.39 is 0 Å². The molecule has 2 heterocycles. The van der Waals surface area contributed by atoms with Crippen LogP contribution in [0.2, 0.25) is 0 Å². The molecule has 3 rings (SSSR count). The second kappa shape index (κ2) is 3.81. The zero-order valence-corrected chi connectivity index (χ0v) is 10.1. The molecule has 0 N–H and O–H groups in total.